The van der Waals surface area contributed by atoms with Crippen molar-refractivity contribution in [1.29, 1.82) is 0 Å². The number of hydrogen-bond acceptors (Lipinski definition) is 1. The van der Waals surface area contributed by atoms with Gasteiger partial charge in [-0.15, -0.1) is 0 Å². The van der Waals surface area contributed by atoms with Crippen LogP contribution in [0.3, 0.4) is 0 Å². The van der Waals surface area contributed by atoms with E-state index in [-0.39, 0.29) is 0 Å². The minimum Gasteiger partial charge on any atom is -0.310 e. The topological polar surface area (TPSA) is 20.3 Å². The molecule has 38 valence electrons. The van der Waals surface area contributed by atoms with E-state index in [1.54, 1.807) is 25.4 Å². The van der Waals surface area contributed by atoms with Crippen molar-refractivity contribution in [3.8, 4) is 0 Å². The van der Waals surface area contributed by atoms with Gasteiger partial charge in [0.25, 0.3) is 0 Å². The first-order chi connectivity index (χ1) is 2.64. The molecule has 0 aromatic carbocycles. The lowest BCUT2D eigenvalue weighted by Gasteiger charge is -2.00. The summed E-state index contributed by atoms with van der Waals surface area (Å²) in [6.45, 7) is 1.71. The van der Waals surface area contributed by atoms with Crippen LogP contribution in [0.1, 0.15) is 0 Å². The first kappa shape index (κ1) is 6.19. The molecule has 1 atom stereocenters. The quantitative estimate of drug-likeness (QED) is 0.458. The van der Waals surface area contributed by atoms with Crippen LogP contribution >= 0.6 is 7.95 Å². The van der Waals surface area contributed by atoms with Crippen molar-refractivity contribution >= 4 is 7.95 Å². The SMILES string of the molecule is CN(C)[PH](C)=O. The van der Waals surface area contributed by atoms with Crippen molar-refractivity contribution in [3.05, 3.63) is 0 Å². The van der Waals surface area contributed by atoms with E-state index in [0.717, 1.165) is 0 Å². The molecule has 2 nitrogen and oxygen atoms in total. The summed E-state index contributed by atoms with van der Waals surface area (Å²) in [4.78, 5) is 0. The molecule has 1 unspecified atom stereocenters. The Hall–Kier alpha value is 0.190. The van der Waals surface area contributed by atoms with Crippen molar-refractivity contribution in [2.45, 2.75) is 0 Å². The van der Waals surface area contributed by atoms with Crippen LogP contribution in [0.4, 0.5) is 0 Å². The fourth-order valence-corrected chi connectivity index (χ4v) is 0. The molecule has 0 rings (SSSR count). The Morgan fingerprint density at radius 3 is 1.67 bits per heavy atom. The lowest BCUT2D eigenvalue weighted by Crippen LogP contribution is -1.96. The second-order valence-corrected chi connectivity index (χ2v) is 3.35. The number of hydrogen-bond donors (Lipinski definition) is 0. The molecule has 3 heteroatoms. The summed E-state index contributed by atoms with van der Waals surface area (Å²) in [7, 11) is 2.25. The fourth-order valence-electron chi connectivity index (χ4n) is 0. The van der Waals surface area contributed by atoms with E-state index in [0.29, 0.717) is 0 Å². The van der Waals surface area contributed by atoms with Gasteiger partial charge >= 0.3 is 0 Å². The molecule has 0 aliphatic heterocycles. The van der Waals surface area contributed by atoms with Gasteiger partial charge < -0.3 is 4.57 Å². The van der Waals surface area contributed by atoms with Gasteiger partial charge in [-0.2, -0.15) is 0 Å². The van der Waals surface area contributed by atoms with Crippen molar-refractivity contribution < 1.29 is 4.57 Å². The van der Waals surface area contributed by atoms with Gasteiger partial charge in [0.1, 0.15) is 7.95 Å². The molecule has 0 aliphatic rings. The van der Waals surface area contributed by atoms with Crippen LogP contribution in [0.25, 0.3) is 0 Å². The maximum atomic E-state index is 10.3. The Bertz CT molecular complexity index is 61.8. The van der Waals surface area contributed by atoms with Crippen molar-refractivity contribution in [1.82, 2.24) is 4.67 Å². The van der Waals surface area contributed by atoms with Crippen molar-refractivity contribution in [2.24, 2.45) is 0 Å². The highest BCUT2D eigenvalue weighted by Crippen LogP contribution is 2.14. The van der Waals surface area contributed by atoms with Crippen LogP contribution in [0.2, 0.25) is 0 Å². The molecule has 0 radical (unpaired) electrons. The predicted molar refractivity (Wildman–Crippen MR) is 28.6 cm³/mol. The summed E-state index contributed by atoms with van der Waals surface area (Å²) in [5, 5.41) is 0. The second-order valence-electron chi connectivity index (χ2n) is 1.41. The van der Waals surface area contributed by atoms with Crippen LogP contribution in [0, 0.1) is 0 Å². The van der Waals surface area contributed by atoms with E-state index >= 15 is 0 Å². The summed E-state index contributed by atoms with van der Waals surface area (Å²) < 4.78 is 12.0. The first-order valence-corrected chi connectivity index (χ1v) is 3.68. The molecule has 0 N–H and O–H groups in total. The molecule has 0 spiro atoms. The lowest BCUT2D eigenvalue weighted by atomic mass is 11.3. The van der Waals surface area contributed by atoms with Crippen LogP contribution < -0.4 is 0 Å². The fraction of sp³-hybridized carbons (Fsp3) is 1.00. The van der Waals surface area contributed by atoms with Crippen molar-refractivity contribution in [2.75, 3.05) is 20.8 Å². The summed E-state index contributed by atoms with van der Waals surface area (Å²) in [6, 6.07) is 0. The summed E-state index contributed by atoms with van der Waals surface area (Å²) in [5.74, 6) is 0. The highest BCUT2D eigenvalue weighted by molar-refractivity contribution is 7.40. The second kappa shape index (κ2) is 2.38. The Morgan fingerprint density at radius 2 is 1.67 bits per heavy atom. The maximum absolute atomic E-state index is 10.3. The standard InChI is InChI=1S/C3H10NOP/c1-4(2)6(3)5/h6H,1-3H3. The number of nitrogens with zero attached hydrogens (tertiary/aromatic N) is 1. The lowest BCUT2D eigenvalue weighted by molar-refractivity contribution is 0.540. The number of rotatable bonds is 1. The normalized spacial score (nSPS) is 15.3. The zero-order valence-corrected chi connectivity index (χ0v) is 5.36. The Kier molecular flexibility index (Phi) is 2.45. The third kappa shape index (κ3) is 2.43. The third-order valence-corrected chi connectivity index (χ3v) is 1.89. The largest absolute Gasteiger partial charge is 0.310 e. The molecule has 0 bridgehead atoms. The molecule has 0 heterocycles. The molecular weight excluding hydrogens is 97.0 g/mol. The summed E-state index contributed by atoms with van der Waals surface area (Å²) in [5.41, 5.74) is 0. The predicted octanol–water partition coefficient (Wildman–Crippen LogP) is 0.652. The molecular formula is C3H10NOP. The average molecular weight is 107 g/mol. The monoisotopic (exact) mass is 107 g/mol. The Balaban J connectivity index is 3.26. The van der Waals surface area contributed by atoms with Crippen LogP contribution in [0.15, 0.2) is 0 Å². The average Bonchev–Trinajstić information content (AvgIpc) is 1.36. The van der Waals surface area contributed by atoms with Gasteiger partial charge in [0.15, 0.2) is 0 Å². The first-order valence-electron chi connectivity index (χ1n) is 1.82. The zero-order chi connectivity index (χ0) is 5.15. The zero-order valence-electron chi connectivity index (χ0n) is 4.36. The van der Waals surface area contributed by atoms with E-state index in [2.05, 4.69) is 0 Å². The molecule has 0 amide bonds. The highest BCUT2D eigenvalue weighted by atomic mass is 31.1. The smallest absolute Gasteiger partial charge is 0.135 e. The maximum Gasteiger partial charge on any atom is 0.135 e. The molecule has 0 saturated heterocycles. The van der Waals surface area contributed by atoms with Gasteiger partial charge in [-0.05, 0) is 20.8 Å². The van der Waals surface area contributed by atoms with Gasteiger partial charge in [0.05, 0.1) is 0 Å². The van der Waals surface area contributed by atoms with Gasteiger partial charge in [-0.3, -0.25) is 4.67 Å². The Morgan fingerprint density at radius 1 is 1.50 bits per heavy atom. The third-order valence-electron chi connectivity index (χ3n) is 0.630. The van der Waals surface area contributed by atoms with Gasteiger partial charge in [0.2, 0.25) is 0 Å². The highest BCUT2D eigenvalue weighted by Gasteiger charge is 1.86. The summed E-state index contributed by atoms with van der Waals surface area (Å²) >= 11 is 0. The Labute approximate surface area is 39.0 Å². The molecule has 0 aromatic heterocycles. The van der Waals surface area contributed by atoms with Gasteiger partial charge in [-0.1, -0.05) is 0 Å². The molecule has 0 aromatic rings. The van der Waals surface area contributed by atoms with E-state index in [9.17, 15) is 4.57 Å². The van der Waals surface area contributed by atoms with E-state index < -0.39 is 7.95 Å². The molecule has 0 saturated carbocycles. The van der Waals surface area contributed by atoms with Gasteiger partial charge in [-0.25, -0.2) is 0 Å². The van der Waals surface area contributed by atoms with E-state index in [1.807, 2.05) is 0 Å². The van der Waals surface area contributed by atoms with E-state index in [4.69, 9.17) is 0 Å². The molecule has 6 heavy (non-hydrogen) atoms. The molecule has 0 aliphatic carbocycles. The van der Waals surface area contributed by atoms with Gasteiger partial charge in [0, 0.05) is 0 Å². The van der Waals surface area contributed by atoms with Crippen LogP contribution in [-0.2, 0) is 4.57 Å². The molecule has 0 fully saturated rings. The minimum atomic E-state index is -1.37. The minimum absolute atomic E-state index is 1.37. The van der Waals surface area contributed by atoms with Crippen LogP contribution in [0.5, 0.6) is 0 Å². The summed E-state index contributed by atoms with van der Waals surface area (Å²) in [6.07, 6.45) is 0. The van der Waals surface area contributed by atoms with Crippen molar-refractivity contribution in [3.63, 3.8) is 0 Å². The van der Waals surface area contributed by atoms with E-state index in [1.165, 1.54) is 0 Å². The van der Waals surface area contributed by atoms with Crippen LogP contribution in [-0.4, -0.2) is 25.4 Å².